The molecular formula is C33H37N5O5S. The van der Waals surface area contributed by atoms with E-state index in [0.29, 0.717) is 5.69 Å². The van der Waals surface area contributed by atoms with Gasteiger partial charge >= 0.3 is 0 Å². The summed E-state index contributed by atoms with van der Waals surface area (Å²) in [4.78, 5) is 13.6. The van der Waals surface area contributed by atoms with Gasteiger partial charge in [-0.1, -0.05) is 61.5 Å². The molecule has 0 saturated carbocycles. The first-order valence-corrected chi connectivity index (χ1v) is 16.3. The normalized spacial score (nSPS) is 22.9. The zero-order chi connectivity index (χ0) is 30.5. The number of benzene rings is 3. The standard InChI is InChI=1S/C33H37N5O5S/c1-24-30(22-37-18-20-38(21-19-37)33-34-16-5-17-35-33)42-32(43-31(24)26-10-8-25(23-39)9-11-26)27-12-14-28(15-13-27)36-44(40,41)29-6-3-2-4-7-29/h2-17,24,30-32,36,39H,18-23H2,1H3. The summed E-state index contributed by atoms with van der Waals surface area (Å²) in [5.74, 6) is 0.808. The molecule has 3 heterocycles. The van der Waals surface area contributed by atoms with Crippen LogP contribution < -0.4 is 9.62 Å². The molecule has 0 radical (unpaired) electrons. The molecule has 0 amide bonds. The lowest BCUT2D eigenvalue weighted by molar-refractivity contribution is -0.276. The number of sulfonamides is 1. The van der Waals surface area contributed by atoms with E-state index in [4.69, 9.17) is 9.47 Å². The second kappa shape index (κ2) is 13.4. The van der Waals surface area contributed by atoms with Crippen molar-refractivity contribution >= 4 is 21.7 Å². The Morgan fingerprint density at radius 2 is 1.50 bits per heavy atom. The predicted molar refractivity (Wildman–Crippen MR) is 167 cm³/mol. The van der Waals surface area contributed by atoms with Crippen molar-refractivity contribution in [3.8, 4) is 0 Å². The topological polar surface area (TPSA) is 117 Å². The van der Waals surface area contributed by atoms with Crippen LogP contribution in [0.25, 0.3) is 0 Å². The zero-order valence-corrected chi connectivity index (χ0v) is 25.4. The van der Waals surface area contributed by atoms with Crippen molar-refractivity contribution in [2.75, 3.05) is 42.3 Å². The molecule has 4 unspecified atom stereocenters. The molecule has 0 bridgehead atoms. The Labute approximate surface area is 258 Å². The summed E-state index contributed by atoms with van der Waals surface area (Å²) in [5, 5.41) is 9.54. The number of aromatic nitrogens is 2. The first kappa shape index (κ1) is 30.2. The van der Waals surface area contributed by atoms with Gasteiger partial charge in [0.1, 0.15) is 0 Å². The third kappa shape index (κ3) is 6.92. The van der Waals surface area contributed by atoms with Crippen molar-refractivity contribution < 1.29 is 23.0 Å². The molecule has 44 heavy (non-hydrogen) atoms. The van der Waals surface area contributed by atoms with Crippen LogP contribution >= 0.6 is 0 Å². The number of aliphatic hydroxyl groups excluding tert-OH is 1. The van der Waals surface area contributed by atoms with E-state index in [1.165, 1.54) is 0 Å². The van der Waals surface area contributed by atoms with Gasteiger partial charge < -0.3 is 19.5 Å². The summed E-state index contributed by atoms with van der Waals surface area (Å²) in [6.07, 6.45) is 2.54. The maximum Gasteiger partial charge on any atom is 0.261 e. The maximum absolute atomic E-state index is 12.8. The smallest absolute Gasteiger partial charge is 0.261 e. The van der Waals surface area contributed by atoms with Crippen LogP contribution in [0.3, 0.4) is 0 Å². The summed E-state index contributed by atoms with van der Waals surface area (Å²) in [6.45, 7) is 6.27. The largest absolute Gasteiger partial charge is 0.392 e. The summed E-state index contributed by atoms with van der Waals surface area (Å²) >= 11 is 0. The van der Waals surface area contributed by atoms with E-state index in [1.54, 1.807) is 54.9 Å². The van der Waals surface area contributed by atoms with Crippen LogP contribution in [0.5, 0.6) is 0 Å². The SMILES string of the molecule is CC1C(CN2CCN(c3ncccn3)CC2)OC(c2ccc(NS(=O)(=O)c3ccccc3)cc2)OC1c1ccc(CO)cc1. The van der Waals surface area contributed by atoms with Gasteiger partial charge in [0.2, 0.25) is 5.95 Å². The number of anilines is 2. The van der Waals surface area contributed by atoms with Gasteiger partial charge in [0.05, 0.1) is 23.7 Å². The van der Waals surface area contributed by atoms with Crippen molar-refractivity contribution in [1.29, 1.82) is 0 Å². The number of piperazine rings is 1. The molecule has 2 N–H and O–H groups in total. The van der Waals surface area contributed by atoms with E-state index < -0.39 is 16.3 Å². The Kier molecular flexibility index (Phi) is 9.20. The molecule has 10 nitrogen and oxygen atoms in total. The van der Waals surface area contributed by atoms with Crippen LogP contribution in [0, 0.1) is 5.92 Å². The highest BCUT2D eigenvalue weighted by molar-refractivity contribution is 7.92. The second-order valence-corrected chi connectivity index (χ2v) is 12.9. The number of aliphatic hydroxyl groups is 1. The van der Waals surface area contributed by atoms with Gasteiger partial charge in [-0.3, -0.25) is 9.62 Å². The zero-order valence-electron chi connectivity index (χ0n) is 24.6. The highest BCUT2D eigenvalue weighted by Gasteiger charge is 2.39. The van der Waals surface area contributed by atoms with E-state index in [1.807, 2.05) is 42.5 Å². The van der Waals surface area contributed by atoms with Gasteiger partial charge in [-0.2, -0.15) is 0 Å². The molecule has 2 aliphatic rings. The Morgan fingerprint density at radius 3 is 2.16 bits per heavy atom. The maximum atomic E-state index is 12.8. The van der Waals surface area contributed by atoms with Crippen LogP contribution in [0.15, 0.2) is 102 Å². The van der Waals surface area contributed by atoms with Crippen LogP contribution in [-0.4, -0.2) is 67.2 Å². The Balaban J connectivity index is 1.18. The van der Waals surface area contributed by atoms with Crippen molar-refractivity contribution in [3.63, 3.8) is 0 Å². The Bertz CT molecular complexity index is 1600. The fraction of sp³-hybridized carbons (Fsp3) is 0.333. The molecule has 2 saturated heterocycles. The van der Waals surface area contributed by atoms with Gasteiger partial charge in [-0.15, -0.1) is 0 Å². The van der Waals surface area contributed by atoms with Gasteiger partial charge in [-0.25, -0.2) is 18.4 Å². The van der Waals surface area contributed by atoms with Gasteiger partial charge in [0.15, 0.2) is 6.29 Å². The van der Waals surface area contributed by atoms with E-state index in [2.05, 4.69) is 31.4 Å². The molecule has 0 aliphatic carbocycles. The van der Waals surface area contributed by atoms with Gasteiger partial charge in [0.25, 0.3) is 10.0 Å². The summed E-state index contributed by atoms with van der Waals surface area (Å²) in [7, 11) is -3.70. The lowest BCUT2D eigenvalue weighted by Crippen LogP contribution is -2.51. The summed E-state index contributed by atoms with van der Waals surface area (Å²) < 4.78 is 41.5. The first-order valence-electron chi connectivity index (χ1n) is 14.8. The molecule has 1 aromatic heterocycles. The minimum Gasteiger partial charge on any atom is -0.392 e. The molecule has 4 aromatic rings. The molecule has 2 fully saturated rings. The second-order valence-electron chi connectivity index (χ2n) is 11.2. The average molecular weight is 616 g/mol. The molecule has 0 spiro atoms. The highest BCUT2D eigenvalue weighted by atomic mass is 32.2. The lowest BCUT2D eigenvalue weighted by Gasteiger charge is -2.44. The van der Waals surface area contributed by atoms with Gasteiger partial charge in [-0.05, 0) is 41.5 Å². The number of nitrogens with one attached hydrogen (secondary N) is 1. The predicted octanol–water partition coefficient (Wildman–Crippen LogP) is 4.38. The monoisotopic (exact) mass is 615 g/mol. The van der Waals surface area contributed by atoms with Crippen molar-refractivity contribution in [2.24, 2.45) is 5.92 Å². The minimum atomic E-state index is -3.70. The van der Waals surface area contributed by atoms with Crippen LogP contribution in [0.1, 0.15) is 36.0 Å². The molecule has 4 atom stereocenters. The van der Waals surface area contributed by atoms with Crippen molar-refractivity contribution in [2.45, 2.75) is 36.9 Å². The lowest BCUT2D eigenvalue weighted by atomic mass is 9.90. The molecule has 230 valence electrons. The molecule has 6 rings (SSSR count). The van der Waals surface area contributed by atoms with Crippen molar-refractivity contribution in [3.05, 3.63) is 114 Å². The van der Waals surface area contributed by atoms with Crippen molar-refractivity contribution in [1.82, 2.24) is 14.9 Å². The van der Waals surface area contributed by atoms with Gasteiger partial charge in [0, 0.05) is 62.3 Å². The number of hydrogen-bond acceptors (Lipinski definition) is 9. The first-order chi connectivity index (χ1) is 21.4. The Morgan fingerprint density at radius 1 is 0.841 bits per heavy atom. The van der Waals surface area contributed by atoms with E-state index in [9.17, 15) is 13.5 Å². The quantitative estimate of drug-likeness (QED) is 0.283. The van der Waals surface area contributed by atoms with E-state index in [0.717, 1.165) is 55.4 Å². The third-order valence-electron chi connectivity index (χ3n) is 8.26. The molecule has 11 heteroatoms. The fourth-order valence-electron chi connectivity index (χ4n) is 5.69. The molecule has 2 aliphatic heterocycles. The number of ether oxygens (including phenoxy) is 2. The Hall–Kier alpha value is -3.87. The minimum absolute atomic E-state index is 0.0178. The third-order valence-corrected chi connectivity index (χ3v) is 9.65. The number of hydrogen-bond donors (Lipinski definition) is 2. The fourth-order valence-corrected chi connectivity index (χ4v) is 6.77. The van der Waals surface area contributed by atoms with E-state index >= 15 is 0 Å². The van der Waals surface area contributed by atoms with Crippen LogP contribution in [0.4, 0.5) is 11.6 Å². The number of nitrogens with zero attached hydrogens (tertiary/aromatic N) is 4. The summed E-state index contributed by atoms with van der Waals surface area (Å²) in [5.41, 5.74) is 3.11. The number of rotatable bonds is 9. The van der Waals surface area contributed by atoms with Crippen LogP contribution in [-0.2, 0) is 26.1 Å². The average Bonchev–Trinajstić information content (AvgIpc) is 3.07. The highest BCUT2D eigenvalue weighted by Crippen LogP contribution is 2.42. The van der Waals surface area contributed by atoms with Crippen LogP contribution in [0.2, 0.25) is 0 Å². The molecular weight excluding hydrogens is 578 g/mol. The van der Waals surface area contributed by atoms with E-state index in [-0.39, 0.29) is 29.6 Å². The summed E-state index contributed by atoms with van der Waals surface area (Å²) in [6, 6.07) is 25.1. The molecule has 3 aromatic carbocycles.